The van der Waals surface area contributed by atoms with Crippen molar-refractivity contribution < 1.29 is 9.18 Å². The Morgan fingerprint density at radius 2 is 2.10 bits per heavy atom. The predicted octanol–water partition coefficient (Wildman–Crippen LogP) is 4.41. The van der Waals surface area contributed by atoms with Crippen LogP contribution in [0.5, 0.6) is 0 Å². The smallest absolute Gasteiger partial charge is 0.244 e. The molecule has 0 fully saturated rings. The maximum Gasteiger partial charge on any atom is 0.244 e. The summed E-state index contributed by atoms with van der Waals surface area (Å²) in [6.07, 6.45) is 3.06. The molecular weight excluding hydrogens is 285 g/mol. The first kappa shape index (κ1) is 15.4. The summed E-state index contributed by atoms with van der Waals surface area (Å²) in [5, 5.41) is 4.99. The highest BCUT2D eigenvalue weighted by molar-refractivity contribution is 7.10. The lowest BCUT2D eigenvalue weighted by Crippen LogP contribution is -2.29. The van der Waals surface area contributed by atoms with Gasteiger partial charge in [-0.15, -0.1) is 11.3 Å². The molecule has 0 unspecified atom stereocenters. The van der Waals surface area contributed by atoms with Crippen LogP contribution >= 0.6 is 11.3 Å². The van der Waals surface area contributed by atoms with Gasteiger partial charge in [-0.25, -0.2) is 4.39 Å². The molecular formula is C17H18FNOS. The van der Waals surface area contributed by atoms with Gasteiger partial charge in [-0.05, 0) is 41.1 Å². The lowest BCUT2D eigenvalue weighted by molar-refractivity contribution is -0.117. The summed E-state index contributed by atoms with van der Waals surface area (Å²) in [5.74, 6) is -0.183. The van der Waals surface area contributed by atoms with Crippen LogP contribution in [0.4, 0.5) is 4.39 Å². The van der Waals surface area contributed by atoms with Crippen molar-refractivity contribution in [2.45, 2.75) is 19.9 Å². The average molecular weight is 303 g/mol. The van der Waals surface area contributed by atoms with Gasteiger partial charge in [0.25, 0.3) is 0 Å². The van der Waals surface area contributed by atoms with E-state index in [1.807, 2.05) is 17.5 Å². The molecule has 0 radical (unpaired) electrons. The molecule has 0 bridgehead atoms. The molecule has 2 nitrogen and oxygen atoms in total. The molecule has 0 spiro atoms. The Kier molecular flexibility index (Phi) is 5.28. The van der Waals surface area contributed by atoms with Crippen LogP contribution in [0.3, 0.4) is 0 Å². The molecule has 0 aliphatic carbocycles. The first-order valence-corrected chi connectivity index (χ1v) is 7.72. The maximum atomic E-state index is 13.1. The molecule has 1 N–H and O–H groups in total. The average Bonchev–Trinajstić information content (AvgIpc) is 2.96. The van der Waals surface area contributed by atoms with Crippen molar-refractivity contribution in [3.8, 4) is 0 Å². The number of carbonyl (C=O) groups excluding carboxylic acids is 1. The zero-order chi connectivity index (χ0) is 15.2. The largest absolute Gasteiger partial charge is 0.345 e. The van der Waals surface area contributed by atoms with Crippen LogP contribution in [-0.4, -0.2) is 5.91 Å². The van der Waals surface area contributed by atoms with Crippen molar-refractivity contribution >= 4 is 23.3 Å². The maximum absolute atomic E-state index is 13.1. The van der Waals surface area contributed by atoms with E-state index in [4.69, 9.17) is 0 Å². The number of thiophene rings is 1. The highest BCUT2D eigenvalue weighted by atomic mass is 32.1. The molecule has 1 aromatic carbocycles. The predicted molar refractivity (Wildman–Crippen MR) is 85.5 cm³/mol. The van der Waals surface area contributed by atoms with E-state index in [2.05, 4.69) is 19.2 Å². The molecule has 0 aliphatic rings. The minimum atomic E-state index is -0.309. The normalized spacial score (nSPS) is 12.8. The summed E-state index contributed by atoms with van der Waals surface area (Å²) in [6.45, 7) is 4.14. The second kappa shape index (κ2) is 7.18. The Balaban J connectivity index is 2.03. The first-order chi connectivity index (χ1) is 10.1. The topological polar surface area (TPSA) is 29.1 Å². The number of hydrogen-bond donors (Lipinski definition) is 1. The van der Waals surface area contributed by atoms with Gasteiger partial charge in [0.15, 0.2) is 0 Å². The molecule has 0 saturated carbocycles. The Morgan fingerprint density at radius 3 is 2.71 bits per heavy atom. The molecule has 0 saturated heterocycles. The quantitative estimate of drug-likeness (QED) is 0.814. The molecule has 2 aromatic rings. The standard InChI is InChI=1S/C17H18FNOS/c1-12(2)17(15-7-4-10-21-15)19-16(20)9-8-13-5-3-6-14(18)11-13/h3-12,17H,1-2H3,(H,19,20)/b9-8+/t17-/m1/s1. The van der Waals surface area contributed by atoms with E-state index in [1.54, 1.807) is 29.5 Å². The van der Waals surface area contributed by atoms with Crippen molar-refractivity contribution in [3.63, 3.8) is 0 Å². The summed E-state index contributed by atoms with van der Waals surface area (Å²) in [6, 6.07) is 10.1. The summed E-state index contributed by atoms with van der Waals surface area (Å²) >= 11 is 1.63. The van der Waals surface area contributed by atoms with Gasteiger partial charge in [0.1, 0.15) is 5.82 Å². The van der Waals surface area contributed by atoms with E-state index in [0.717, 1.165) is 4.88 Å². The van der Waals surface area contributed by atoms with Crippen LogP contribution in [0, 0.1) is 11.7 Å². The van der Waals surface area contributed by atoms with Crippen molar-refractivity contribution in [1.29, 1.82) is 0 Å². The van der Waals surface area contributed by atoms with Gasteiger partial charge in [0.2, 0.25) is 5.91 Å². The van der Waals surface area contributed by atoms with E-state index in [-0.39, 0.29) is 17.8 Å². The minimum absolute atomic E-state index is 0.00494. The number of carbonyl (C=O) groups is 1. The number of benzene rings is 1. The Morgan fingerprint density at radius 1 is 1.29 bits per heavy atom. The van der Waals surface area contributed by atoms with Gasteiger partial charge in [0.05, 0.1) is 6.04 Å². The zero-order valence-electron chi connectivity index (χ0n) is 12.0. The third-order valence-electron chi connectivity index (χ3n) is 3.09. The first-order valence-electron chi connectivity index (χ1n) is 6.84. The monoisotopic (exact) mass is 303 g/mol. The van der Waals surface area contributed by atoms with Crippen LogP contribution in [-0.2, 0) is 4.79 Å². The fraction of sp³-hybridized carbons (Fsp3) is 0.235. The van der Waals surface area contributed by atoms with Crippen LogP contribution in [0.25, 0.3) is 6.08 Å². The Hall–Kier alpha value is -1.94. The minimum Gasteiger partial charge on any atom is -0.345 e. The molecule has 1 amide bonds. The van der Waals surface area contributed by atoms with Gasteiger partial charge >= 0.3 is 0 Å². The second-order valence-electron chi connectivity index (χ2n) is 5.13. The van der Waals surface area contributed by atoms with Crippen LogP contribution < -0.4 is 5.32 Å². The van der Waals surface area contributed by atoms with Crippen LogP contribution in [0.2, 0.25) is 0 Å². The summed E-state index contributed by atoms with van der Waals surface area (Å²) in [4.78, 5) is 13.2. The van der Waals surface area contributed by atoms with Gasteiger partial charge in [-0.1, -0.05) is 32.0 Å². The van der Waals surface area contributed by atoms with Gasteiger partial charge in [-0.2, -0.15) is 0 Å². The SMILES string of the molecule is CC(C)[C@@H](NC(=O)/C=C/c1cccc(F)c1)c1cccs1. The van der Waals surface area contributed by atoms with Gasteiger partial charge in [0, 0.05) is 11.0 Å². The molecule has 1 aromatic heterocycles. The Bertz CT molecular complexity index is 619. The third kappa shape index (κ3) is 4.53. The van der Waals surface area contributed by atoms with Crippen molar-refractivity contribution in [3.05, 3.63) is 64.1 Å². The van der Waals surface area contributed by atoms with E-state index >= 15 is 0 Å². The number of hydrogen-bond acceptors (Lipinski definition) is 2. The third-order valence-corrected chi connectivity index (χ3v) is 4.05. The molecule has 1 atom stereocenters. The van der Waals surface area contributed by atoms with Crippen LogP contribution in [0.15, 0.2) is 47.9 Å². The molecule has 0 aliphatic heterocycles. The molecule has 4 heteroatoms. The zero-order valence-corrected chi connectivity index (χ0v) is 12.9. The highest BCUT2D eigenvalue weighted by Gasteiger charge is 2.17. The van der Waals surface area contributed by atoms with E-state index < -0.39 is 0 Å². The van der Waals surface area contributed by atoms with Gasteiger partial charge < -0.3 is 5.32 Å². The van der Waals surface area contributed by atoms with E-state index in [9.17, 15) is 9.18 Å². The number of nitrogens with one attached hydrogen (secondary N) is 1. The summed E-state index contributed by atoms with van der Waals surface area (Å²) in [7, 11) is 0. The van der Waals surface area contributed by atoms with Gasteiger partial charge in [-0.3, -0.25) is 4.79 Å². The van der Waals surface area contributed by atoms with Crippen molar-refractivity contribution in [2.75, 3.05) is 0 Å². The summed E-state index contributed by atoms with van der Waals surface area (Å²) < 4.78 is 13.1. The van der Waals surface area contributed by atoms with E-state index in [1.165, 1.54) is 18.2 Å². The highest BCUT2D eigenvalue weighted by Crippen LogP contribution is 2.25. The summed E-state index contributed by atoms with van der Waals surface area (Å²) in [5.41, 5.74) is 0.669. The van der Waals surface area contributed by atoms with Crippen molar-refractivity contribution in [1.82, 2.24) is 5.32 Å². The fourth-order valence-electron chi connectivity index (χ4n) is 2.02. The number of rotatable bonds is 5. The molecule has 110 valence electrons. The number of amides is 1. The molecule has 21 heavy (non-hydrogen) atoms. The Labute approximate surface area is 128 Å². The fourth-order valence-corrected chi connectivity index (χ4v) is 2.97. The molecule has 1 heterocycles. The second-order valence-corrected chi connectivity index (χ2v) is 6.11. The lowest BCUT2D eigenvalue weighted by atomic mass is 10.0. The number of halogens is 1. The molecule has 2 rings (SSSR count). The van der Waals surface area contributed by atoms with E-state index in [0.29, 0.717) is 11.5 Å². The lowest BCUT2D eigenvalue weighted by Gasteiger charge is -2.20. The van der Waals surface area contributed by atoms with Crippen molar-refractivity contribution in [2.24, 2.45) is 5.92 Å². The van der Waals surface area contributed by atoms with Crippen LogP contribution in [0.1, 0.15) is 30.3 Å².